The van der Waals surface area contributed by atoms with E-state index in [1.165, 1.54) is 74.8 Å². The predicted molar refractivity (Wildman–Crippen MR) is 108 cm³/mol. The first-order valence-electron chi connectivity index (χ1n) is 9.47. The van der Waals surface area contributed by atoms with E-state index < -0.39 is 0 Å². The van der Waals surface area contributed by atoms with E-state index in [9.17, 15) is 4.79 Å². The van der Waals surface area contributed by atoms with Crippen LogP contribution in [-0.2, 0) is 4.79 Å². The summed E-state index contributed by atoms with van der Waals surface area (Å²) < 4.78 is 0. The van der Waals surface area contributed by atoms with E-state index in [4.69, 9.17) is 0 Å². The standard InChI is InChI=1S/C21H36OS/c1-5-6-7-8-9-10-11-12-13-14-15-23(4)20-16-18(2)21(22)19(3)17-20/h16-17H,5-15H2,1-4H3. The van der Waals surface area contributed by atoms with Crippen molar-refractivity contribution >= 4 is 21.1 Å². The van der Waals surface area contributed by atoms with Crippen molar-refractivity contribution in [3.05, 3.63) is 23.3 Å². The average molecular weight is 337 g/mol. The zero-order valence-corrected chi connectivity index (χ0v) is 16.6. The summed E-state index contributed by atoms with van der Waals surface area (Å²) in [7, 11) is 0.286. The number of hydrogen-bond acceptors (Lipinski definition) is 1. The molecule has 2 heteroatoms. The Morgan fingerprint density at radius 3 is 1.70 bits per heavy atom. The first-order valence-corrected chi connectivity index (χ1v) is 11.3. The molecule has 0 aromatic rings. The number of carbonyl (C=O) groups excluding carboxylic acids is 1. The molecule has 0 bridgehead atoms. The van der Waals surface area contributed by atoms with Gasteiger partial charge in [-0.2, -0.15) is 10.5 Å². The van der Waals surface area contributed by atoms with Crippen LogP contribution in [0.25, 0.3) is 0 Å². The van der Waals surface area contributed by atoms with E-state index in [1.54, 1.807) is 0 Å². The molecular weight excluding hydrogens is 300 g/mol. The molecule has 0 aromatic carbocycles. The van der Waals surface area contributed by atoms with Crippen LogP contribution in [0.4, 0.5) is 0 Å². The van der Waals surface area contributed by atoms with Crippen LogP contribution in [0.2, 0.25) is 0 Å². The minimum absolute atomic E-state index is 0.213. The first-order chi connectivity index (χ1) is 11.1. The molecule has 0 amide bonds. The third-order valence-corrected chi connectivity index (χ3v) is 6.58. The van der Waals surface area contributed by atoms with Gasteiger partial charge in [-0.3, -0.25) is 4.79 Å². The van der Waals surface area contributed by atoms with Gasteiger partial charge in [0.25, 0.3) is 0 Å². The molecule has 0 radical (unpaired) electrons. The molecule has 0 spiro atoms. The third-order valence-electron chi connectivity index (χ3n) is 4.64. The van der Waals surface area contributed by atoms with E-state index >= 15 is 0 Å². The highest BCUT2D eigenvalue weighted by atomic mass is 32.2. The Kier molecular flexibility index (Phi) is 10.5. The zero-order valence-electron chi connectivity index (χ0n) is 15.7. The lowest BCUT2D eigenvalue weighted by molar-refractivity contribution is -0.112. The zero-order chi connectivity index (χ0) is 17.1. The SMILES string of the molecule is CCCCCCCCCCCCS(C)=C1C=C(C)C(=O)C(C)=C1. The summed E-state index contributed by atoms with van der Waals surface area (Å²) >= 11 is 0. The van der Waals surface area contributed by atoms with Crippen molar-refractivity contribution in [2.45, 2.75) is 85.0 Å². The number of hydrogen-bond donors (Lipinski definition) is 0. The van der Waals surface area contributed by atoms with Crippen molar-refractivity contribution in [2.75, 3.05) is 12.0 Å². The monoisotopic (exact) mass is 336 g/mol. The van der Waals surface area contributed by atoms with Gasteiger partial charge in [0.2, 0.25) is 0 Å². The molecule has 0 N–H and O–H groups in total. The van der Waals surface area contributed by atoms with Gasteiger partial charge >= 0.3 is 0 Å². The van der Waals surface area contributed by atoms with Crippen molar-refractivity contribution in [1.82, 2.24) is 0 Å². The molecule has 0 aromatic heterocycles. The smallest absolute Gasteiger partial charge is 0.184 e. The number of ketones is 1. The number of rotatable bonds is 11. The topological polar surface area (TPSA) is 17.1 Å². The molecule has 1 atom stereocenters. The third kappa shape index (κ3) is 8.15. The van der Waals surface area contributed by atoms with Crippen LogP contribution in [-0.4, -0.2) is 22.7 Å². The van der Waals surface area contributed by atoms with Gasteiger partial charge in [0.15, 0.2) is 5.78 Å². The van der Waals surface area contributed by atoms with Crippen LogP contribution >= 0.6 is 10.5 Å². The van der Waals surface area contributed by atoms with Crippen molar-refractivity contribution in [3.63, 3.8) is 0 Å². The number of allylic oxidation sites excluding steroid dienone is 4. The van der Waals surface area contributed by atoms with Crippen LogP contribution in [0.5, 0.6) is 0 Å². The summed E-state index contributed by atoms with van der Waals surface area (Å²) in [5.41, 5.74) is 1.81. The van der Waals surface area contributed by atoms with E-state index in [0.717, 1.165) is 11.1 Å². The van der Waals surface area contributed by atoms with E-state index in [2.05, 4.69) is 25.3 Å². The molecule has 0 aliphatic heterocycles. The van der Waals surface area contributed by atoms with Gasteiger partial charge in [0.05, 0.1) is 0 Å². The van der Waals surface area contributed by atoms with Crippen LogP contribution < -0.4 is 0 Å². The lowest BCUT2D eigenvalue weighted by atomic mass is 9.99. The van der Waals surface area contributed by atoms with E-state index in [0.29, 0.717) is 0 Å². The second-order valence-electron chi connectivity index (χ2n) is 6.91. The Hall–Kier alpha value is -0.630. The van der Waals surface area contributed by atoms with E-state index in [-0.39, 0.29) is 16.3 Å². The largest absolute Gasteiger partial charge is 0.289 e. The summed E-state index contributed by atoms with van der Waals surface area (Å²) in [5.74, 6) is 1.48. The summed E-state index contributed by atoms with van der Waals surface area (Å²) in [5, 5.41) is 0. The van der Waals surface area contributed by atoms with Gasteiger partial charge < -0.3 is 0 Å². The van der Waals surface area contributed by atoms with Crippen molar-refractivity contribution in [1.29, 1.82) is 0 Å². The molecule has 0 fully saturated rings. The highest BCUT2D eigenvalue weighted by Gasteiger charge is 2.13. The van der Waals surface area contributed by atoms with Crippen LogP contribution in [0, 0.1) is 0 Å². The molecule has 1 aliphatic rings. The fourth-order valence-electron chi connectivity index (χ4n) is 3.04. The molecule has 0 saturated carbocycles. The Balaban J connectivity index is 2.16. The lowest BCUT2D eigenvalue weighted by Gasteiger charge is -2.13. The second kappa shape index (κ2) is 11.8. The van der Waals surface area contributed by atoms with E-state index in [1.807, 2.05) is 13.8 Å². The Bertz CT molecular complexity index is 444. The minimum atomic E-state index is 0.213. The molecule has 1 rings (SSSR count). The van der Waals surface area contributed by atoms with Gasteiger partial charge in [-0.15, -0.1) is 0 Å². The molecule has 1 unspecified atom stereocenters. The second-order valence-corrected chi connectivity index (χ2v) is 9.06. The maximum atomic E-state index is 11.8. The van der Waals surface area contributed by atoms with Gasteiger partial charge in [-0.05, 0) is 60.4 Å². The quantitative estimate of drug-likeness (QED) is 0.313. The van der Waals surface area contributed by atoms with Crippen molar-refractivity contribution in [2.24, 2.45) is 0 Å². The van der Waals surface area contributed by atoms with Crippen molar-refractivity contribution < 1.29 is 4.79 Å². The van der Waals surface area contributed by atoms with Crippen molar-refractivity contribution in [3.8, 4) is 0 Å². The Morgan fingerprint density at radius 2 is 1.22 bits per heavy atom. The molecule has 132 valence electrons. The predicted octanol–water partition coefficient (Wildman–Crippen LogP) is 6.45. The summed E-state index contributed by atoms with van der Waals surface area (Å²) in [6.07, 6.45) is 20.5. The summed E-state index contributed by atoms with van der Waals surface area (Å²) in [6, 6.07) is 0. The number of carbonyl (C=O) groups is 1. The molecule has 23 heavy (non-hydrogen) atoms. The van der Waals surface area contributed by atoms with Gasteiger partial charge in [-0.1, -0.05) is 64.7 Å². The highest BCUT2D eigenvalue weighted by molar-refractivity contribution is 8.15. The molecule has 1 nitrogen and oxygen atoms in total. The van der Waals surface area contributed by atoms with Crippen LogP contribution in [0.15, 0.2) is 23.3 Å². The van der Waals surface area contributed by atoms with Gasteiger partial charge in [0, 0.05) is 0 Å². The maximum absolute atomic E-state index is 11.8. The number of unbranched alkanes of at least 4 members (excludes halogenated alkanes) is 9. The average Bonchev–Trinajstić information content (AvgIpc) is 2.53. The van der Waals surface area contributed by atoms with Crippen LogP contribution in [0.3, 0.4) is 0 Å². The van der Waals surface area contributed by atoms with Crippen LogP contribution in [0.1, 0.15) is 85.0 Å². The fraction of sp³-hybridized carbons (Fsp3) is 0.714. The minimum Gasteiger partial charge on any atom is -0.289 e. The highest BCUT2D eigenvalue weighted by Crippen LogP contribution is 2.22. The molecular formula is C21H36OS. The number of Topliss-reactive ketones (excluding diaryl/α,β-unsaturated/α-hetero) is 1. The fourth-order valence-corrected chi connectivity index (χ4v) is 4.66. The summed E-state index contributed by atoms with van der Waals surface area (Å²) in [4.78, 5) is 13.2. The molecule has 0 saturated heterocycles. The Morgan fingerprint density at radius 1 is 0.783 bits per heavy atom. The lowest BCUT2D eigenvalue weighted by Crippen LogP contribution is -2.11. The first kappa shape index (κ1) is 20.4. The molecule has 0 heterocycles. The normalized spacial score (nSPS) is 16.3. The van der Waals surface area contributed by atoms with Gasteiger partial charge in [-0.25, -0.2) is 0 Å². The summed E-state index contributed by atoms with van der Waals surface area (Å²) in [6.45, 7) is 6.16. The molecule has 1 aliphatic carbocycles. The maximum Gasteiger partial charge on any atom is 0.184 e. The Labute approximate surface area is 146 Å². The van der Waals surface area contributed by atoms with Gasteiger partial charge in [0.1, 0.15) is 0 Å².